The van der Waals surface area contributed by atoms with E-state index >= 15 is 0 Å². The molecule has 0 aromatic heterocycles. The molecule has 6 nitrogen and oxygen atoms in total. The third kappa shape index (κ3) is 4.49. The van der Waals surface area contributed by atoms with E-state index < -0.39 is 5.92 Å². The summed E-state index contributed by atoms with van der Waals surface area (Å²) >= 11 is 5.92. The summed E-state index contributed by atoms with van der Waals surface area (Å²) in [5.41, 5.74) is 1.63. The first-order valence-corrected chi connectivity index (χ1v) is 10.7. The van der Waals surface area contributed by atoms with Crippen molar-refractivity contribution in [3.05, 3.63) is 59.1 Å². The first-order valence-electron chi connectivity index (χ1n) is 10.3. The minimum Gasteiger partial charge on any atom is -0.349 e. The normalized spacial score (nSPS) is 19.2. The van der Waals surface area contributed by atoms with E-state index in [-0.39, 0.29) is 30.2 Å². The maximum Gasteiger partial charge on any atom is 0.253 e. The van der Waals surface area contributed by atoms with Crippen LogP contribution < -0.4 is 15.5 Å². The Bertz CT molecular complexity index is 954. The number of amides is 3. The number of nitrogens with one attached hydrogen (secondary N) is 2. The Kier molecular flexibility index (Phi) is 6.04. The average Bonchev–Trinajstić information content (AvgIpc) is 3.38. The molecule has 0 bridgehead atoms. The number of para-hydroxylation sites is 1. The van der Waals surface area contributed by atoms with E-state index in [0.29, 0.717) is 22.8 Å². The molecule has 0 radical (unpaired) electrons. The van der Waals surface area contributed by atoms with Gasteiger partial charge < -0.3 is 15.5 Å². The SMILES string of the molecule is O=C(NC1CCCC1)c1ccccc1NC(=O)[C@@H]1CC(=O)N(c2ccc(Cl)cc2)C1. The monoisotopic (exact) mass is 425 g/mol. The van der Waals surface area contributed by atoms with E-state index in [0.717, 1.165) is 31.4 Å². The van der Waals surface area contributed by atoms with Gasteiger partial charge in [0, 0.05) is 29.7 Å². The van der Waals surface area contributed by atoms with Crippen LogP contribution in [0.25, 0.3) is 0 Å². The topological polar surface area (TPSA) is 78.5 Å². The third-order valence-electron chi connectivity index (χ3n) is 5.75. The Morgan fingerprint density at radius 2 is 1.70 bits per heavy atom. The highest BCUT2D eigenvalue weighted by Crippen LogP contribution is 2.28. The second-order valence-corrected chi connectivity index (χ2v) is 8.31. The van der Waals surface area contributed by atoms with Gasteiger partial charge in [0.05, 0.1) is 17.2 Å². The number of carbonyl (C=O) groups is 3. The molecule has 1 aliphatic carbocycles. The van der Waals surface area contributed by atoms with Gasteiger partial charge >= 0.3 is 0 Å². The fourth-order valence-electron chi connectivity index (χ4n) is 4.11. The zero-order chi connectivity index (χ0) is 21.1. The summed E-state index contributed by atoms with van der Waals surface area (Å²) in [6.45, 7) is 0.294. The number of carbonyl (C=O) groups excluding carboxylic acids is 3. The molecule has 156 valence electrons. The first kappa shape index (κ1) is 20.4. The lowest BCUT2D eigenvalue weighted by Gasteiger charge is -2.18. The van der Waals surface area contributed by atoms with Crippen LogP contribution in [0.1, 0.15) is 42.5 Å². The van der Waals surface area contributed by atoms with Crippen molar-refractivity contribution in [2.45, 2.75) is 38.1 Å². The van der Waals surface area contributed by atoms with E-state index in [9.17, 15) is 14.4 Å². The lowest BCUT2D eigenvalue weighted by molar-refractivity contribution is -0.122. The molecule has 4 rings (SSSR count). The van der Waals surface area contributed by atoms with Crippen molar-refractivity contribution in [2.24, 2.45) is 5.92 Å². The van der Waals surface area contributed by atoms with E-state index in [1.807, 2.05) is 0 Å². The van der Waals surface area contributed by atoms with Gasteiger partial charge in [-0.3, -0.25) is 14.4 Å². The molecule has 2 fully saturated rings. The van der Waals surface area contributed by atoms with Crippen LogP contribution in [0.3, 0.4) is 0 Å². The second kappa shape index (κ2) is 8.88. The highest BCUT2D eigenvalue weighted by molar-refractivity contribution is 6.30. The van der Waals surface area contributed by atoms with Crippen LogP contribution in [0, 0.1) is 5.92 Å². The van der Waals surface area contributed by atoms with Crippen molar-refractivity contribution in [2.75, 3.05) is 16.8 Å². The van der Waals surface area contributed by atoms with Gasteiger partial charge in [0.2, 0.25) is 11.8 Å². The van der Waals surface area contributed by atoms with Crippen molar-refractivity contribution in [1.29, 1.82) is 0 Å². The number of anilines is 2. The Hall–Kier alpha value is -2.86. The van der Waals surface area contributed by atoms with Gasteiger partial charge in [-0.05, 0) is 49.2 Å². The van der Waals surface area contributed by atoms with Gasteiger partial charge in [-0.2, -0.15) is 0 Å². The van der Waals surface area contributed by atoms with Crippen LogP contribution in [-0.2, 0) is 9.59 Å². The van der Waals surface area contributed by atoms with Gasteiger partial charge in [0.25, 0.3) is 5.91 Å². The van der Waals surface area contributed by atoms with Crippen LogP contribution in [0.4, 0.5) is 11.4 Å². The fraction of sp³-hybridized carbons (Fsp3) is 0.348. The van der Waals surface area contributed by atoms with Crippen LogP contribution in [-0.4, -0.2) is 30.3 Å². The lowest BCUT2D eigenvalue weighted by atomic mass is 10.1. The highest BCUT2D eigenvalue weighted by atomic mass is 35.5. The largest absolute Gasteiger partial charge is 0.349 e. The molecule has 1 heterocycles. The Morgan fingerprint density at radius 1 is 1.00 bits per heavy atom. The van der Waals surface area contributed by atoms with Gasteiger partial charge in [0.15, 0.2) is 0 Å². The smallest absolute Gasteiger partial charge is 0.253 e. The highest BCUT2D eigenvalue weighted by Gasteiger charge is 2.35. The summed E-state index contributed by atoms with van der Waals surface area (Å²) in [6.07, 6.45) is 4.37. The van der Waals surface area contributed by atoms with Crippen molar-refractivity contribution in [3.8, 4) is 0 Å². The minimum atomic E-state index is -0.487. The minimum absolute atomic E-state index is 0.107. The fourth-order valence-corrected chi connectivity index (χ4v) is 4.24. The molecular formula is C23H24ClN3O3. The lowest BCUT2D eigenvalue weighted by Crippen LogP contribution is -2.34. The maximum atomic E-state index is 12.9. The first-order chi connectivity index (χ1) is 14.5. The van der Waals surface area contributed by atoms with Crippen LogP contribution in [0.15, 0.2) is 48.5 Å². The van der Waals surface area contributed by atoms with E-state index in [1.165, 1.54) is 0 Å². The summed E-state index contributed by atoms with van der Waals surface area (Å²) in [5, 5.41) is 6.51. The predicted molar refractivity (Wildman–Crippen MR) is 117 cm³/mol. The van der Waals surface area contributed by atoms with Crippen molar-refractivity contribution in [1.82, 2.24) is 5.32 Å². The number of nitrogens with zero attached hydrogens (tertiary/aromatic N) is 1. The molecule has 30 heavy (non-hydrogen) atoms. The third-order valence-corrected chi connectivity index (χ3v) is 6.01. The molecule has 7 heteroatoms. The summed E-state index contributed by atoms with van der Waals surface area (Å²) in [5.74, 6) is -1.03. The molecule has 1 saturated carbocycles. The summed E-state index contributed by atoms with van der Waals surface area (Å²) in [4.78, 5) is 39.6. The number of halogens is 1. The number of benzene rings is 2. The molecule has 1 saturated heterocycles. The molecule has 1 aliphatic heterocycles. The zero-order valence-corrected chi connectivity index (χ0v) is 17.3. The van der Waals surface area contributed by atoms with Crippen molar-refractivity contribution < 1.29 is 14.4 Å². The average molecular weight is 426 g/mol. The van der Waals surface area contributed by atoms with Gasteiger partial charge in [-0.15, -0.1) is 0 Å². The van der Waals surface area contributed by atoms with Gasteiger partial charge in [-0.25, -0.2) is 0 Å². The zero-order valence-electron chi connectivity index (χ0n) is 16.6. The number of hydrogen-bond donors (Lipinski definition) is 2. The molecule has 1 atom stereocenters. The Balaban J connectivity index is 1.43. The maximum absolute atomic E-state index is 12.9. The van der Waals surface area contributed by atoms with E-state index in [2.05, 4.69) is 10.6 Å². The standard InChI is InChI=1S/C23H24ClN3O3/c24-16-9-11-18(12-10-16)27-14-15(13-21(27)28)22(29)26-20-8-4-3-7-19(20)23(30)25-17-5-1-2-6-17/h3-4,7-12,15,17H,1-2,5-6,13-14H2,(H,25,30)(H,26,29)/t15-/m1/s1. The van der Waals surface area contributed by atoms with Gasteiger partial charge in [0.1, 0.15) is 0 Å². The number of rotatable bonds is 5. The Morgan fingerprint density at radius 3 is 2.43 bits per heavy atom. The van der Waals surface area contributed by atoms with Crippen LogP contribution in [0.2, 0.25) is 5.02 Å². The summed E-state index contributed by atoms with van der Waals surface area (Å²) in [6, 6.07) is 14.2. The van der Waals surface area contributed by atoms with Crippen LogP contribution in [0.5, 0.6) is 0 Å². The van der Waals surface area contributed by atoms with E-state index in [1.54, 1.807) is 53.4 Å². The van der Waals surface area contributed by atoms with Crippen molar-refractivity contribution >= 4 is 40.7 Å². The second-order valence-electron chi connectivity index (χ2n) is 7.87. The van der Waals surface area contributed by atoms with Crippen molar-refractivity contribution in [3.63, 3.8) is 0 Å². The number of hydrogen-bond acceptors (Lipinski definition) is 3. The molecule has 2 aromatic carbocycles. The molecule has 2 N–H and O–H groups in total. The molecule has 0 unspecified atom stereocenters. The Labute approximate surface area is 180 Å². The quantitative estimate of drug-likeness (QED) is 0.759. The summed E-state index contributed by atoms with van der Waals surface area (Å²) < 4.78 is 0. The molecule has 2 aliphatic rings. The molecule has 0 spiro atoms. The molecule has 3 amide bonds. The van der Waals surface area contributed by atoms with Crippen LogP contribution >= 0.6 is 11.6 Å². The van der Waals surface area contributed by atoms with E-state index in [4.69, 9.17) is 11.6 Å². The summed E-state index contributed by atoms with van der Waals surface area (Å²) in [7, 11) is 0. The molecular weight excluding hydrogens is 402 g/mol. The molecule has 2 aromatic rings. The predicted octanol–water partition coefficient (Wildman–Crippen LogP) is 4.00. The van der Waals surface area contributed by atoms with Gasteiger partial charge in [-0.1, -0.05) is 36.6 Å².